The molecule has 2 heterocycles. The fourth-order valence-electron chi connectivity index (χ4n) is 3.53. The molecule has 3 aromatic rings. The molecule has 2 amide bonds. The van der Waals surface area contributed by atoms with E-state index in [1.807, 2.05) is 37.3 Å². The quantitative estimate of drug-likeness (QED) is 0.344. The average Bonchev–Trinajstić information content (AvgIpc) is 3.53. The normalized spacial score (nSPS) is 11.7. The highest BCUT2D eigenvalue weighted by Gasteiger charge is 2.26. The molecule has 33 heavy (non-hydrogen) atoms. The van der Waals surface area contributed by atoms with Gasteiger partial charge in [-0.25, -0.2) is 4.98 Å². The van der Waals surface area contributed by atoms with E-state index in [0.29, 0.717) is 35.7 Å². The fourth-order valence-corrected chi connectivity index (χ4v) is 4.06. The lowest BCUT2D eigenvalue weighted by atomic mass is 10.0. The predicted octanol–water partition coefficient (Wildman–Crippen LogP) is 4.29. The summed E-state index contributed by atoms with van der Waals surface area (Å²) in [6, 6.07) is 9.08. The lowest BCUT2D eigenvalue weighted by Gasteiger charge is -2.18. The summed E-state index contributed by atoms with van der Waals surface area (Å²) in [7, 11) is 1.55. The first-order chi connectivity index (χ1) is 16.0. The van der Waals surface area contributed by atoms with E-state index >= 15 is 0 Å². The number of thiazole rings is 1. The van der Waals surface area contributed by atoms with Crippen molar-refractivity contribution in [2.24, 2.45) is 0 Å². The molecule has 1 aromatic carbocycles. The molecule has 2 aromatic heterocycles. The van der Waals surface area contributed by atoms with Crippen LogP contribution < -0.4 is 10.6 Å². The zero-order valence-electron chi connectivity index (χ0n) is 18.9. The van der Waals surface area contributed by atoms with Gasteiger partial charge >= 0.3 is 0 Å². The van der Waals surface area contributed by atoms with Crippen LogP contribution in [0.5, 0.6) is 0 Å². The lowest BCUT2D eigenvalue weighted by Crippen LogP contribution is -2.30. The number of imidazole rings is 1. The third-order valence-electron chi connectivity index (χ3n) is 5.37. The van der Waals surface area contributed by atoms with Crippen LogP contribution in [0.25, 0.3) is 11.4 Å². The number of benzene rings is 1. The van der Waals surface area contributed by atoms with Crippen molar-refractivity contribution in [1.29, 1.82) is 0 Å². The van der Waals surface area contributed by atoms with Gasteiger partial charge in [0, 0.05) is 25.5 Å². The number of carbonyl (C=O) groups is 3. The second-order valence-corrected chi connectivity index (χ2v) is 8.56. The third kappa shape index (κ3) is 6.58. The maximum Gasteiger partial charge on any atom is 0.271 e. The van der Waals surface area contributed by atoms with Crippen molar-refractivity contribution in [3.05, 3.63) is 58.3 Å². The minimum absolute atomic E-state index is 0.248. The second kappa shape index (κ2) is 12.1. The largest absolute Gasteiger partial charge is 0.354 e. The van der Waals surface area contributed by atoms with Gasteiger partial charge in [-0.3, -0.25) is 19.4 Å². The first-order valence-electron chi connectivity index (χ1n) is 11.1. The van der Waals surface area contributed by atoms with Crippen molar-refractivity contribution in [3.63, 3.8) is 0 Å². The van der Waals surface area contributed by atoms with Crippen molar-refractivity contribution < 1.29 is 14.4 Å². The number of aromatic amines is 1. The third-order valence-corrected chi connectivity index (χ3v) is 6.15. The molecular formula is C24H29N5O3S. The van der Waals surface area contributed by atoms with Gasteiger partial charge in [-0.2, -0.15) is 0 Å². The van der Waals surface area contributed by atoms with Crippen LogP contribution in [-0.2, 0) is 4.79 Å². The van der Waals surface area contributed by atoms with Gasteiger partial charge in [0.1, 0.15) is 16.5 Å². The summed E-state index contributed by atoms with van der Waals surface area (Å²) in [5.41, 5.74) is 3.27. The number of nitrogens with zero attached hydrogens (tertiary/aromatic N) is 2. The van der Waals surface area contributed by atoms with E-state index in [1.165, 1.54) is 17.5 Å². The smallest absolute Gasteiger partial charge is 0.271 e. The summed E-state index contributed by atoms with van der Waals surface area (Å²) in [6.45, 7) is 1.87. The molecular weight excluding hydrogens is 438 g/mol. The summed E-state index contributed by atoms with van der Waals surface area (Å²) in [4.78, 5) is 49.3. The van der Waals surface area contributed by atoms with Crippen LogP contribution in [0.1, 0.15) is 77.3 Å². The monoisotopic (exact) mass is 467 g/mol. The van der Waals surface area contributed by atoms with Gasteiger partial charge in [-0.05, 0) is 12.8 Å². The van der Waals surface area contributed by atoms with E-state index in [9.17, 15) is 14.4 Å². The number of rotatable bonds is 12. The highest BCUT2D eigenvalue weighted by Crippen LogP contribution is 2.27. The number of carbonyl (C=O) groups excluding carboxylic acids is 3. The van der Waals surface area contributed by atoms with Gasteiger partial charge in [0.25, 0.3) is 11.8 Å². The first kappa shape index (κ1) is 24.3. The van der Waals surface area contributed by atoms with Crippen LogP contribution in [0.4, 0.5) is 0 Å². The summed E-state index contributed by atoms with van der Waals surface area (Å²) in [6.07, 6.45) is 5.70. The molecule has 1 unspecified atom stereocenters. The van der Waals surface area contributed by atoms with Gasteiger partial charge < -0.3 is 15.6 Å². The maximum atomic E-state index is 12.8. The molecule has 9 heteroatoms. The molecule has 0 fully saturated rings. The van der Waals surface area contributed by atoms with Crippen LogP contribution >= 0.6 is 11.3 Å². The molecule has 0 aliphatic rings. The summed E-state index contributed by atoms with van der Waals surface area (Å²) in [5.74, 6) is 0.249. The molecule has 0 aliphatic heterocycles. The number of aromatic nitrogens is 3. The number of H-pyrrole nitrogens is 1. The van der Waals surface area contributed by atoms with Crippen molar-refractivity contribution >= 4 is 28.9 Å². The Bertz CT molecular complexity index is 1060. The molecule has 174 valence electrons. The fraction of sp³-hybridized carbons (Fsp3) is 0.375. The Morgan fingerprint density at radius 2 is 1.88 bits per heavy atom. The second-order valence-electron chi connectivity index (χ2n) is 7.68. The molecule has 0 saturated heterocycles. The molecule has 3 rings (SSSR count). The standard InChI is InChI=1S/C24H29N5O3S/c1-3-17(30)12-8-5-9-13-18(27-23(31)19-14-26-15-33-19)20-21(24(32)25-2)29-22(28-20)16-10-6-4-7-11-16/h4,6-7,10-11,14-15,18H,3,5,8-9,12-13H2,1-2H3,(H,25,32)(H,27,31)(H,28,29). The first-order valence-corrected chi connectivity index (χ1v) is 12.0. The van der Waals surface area contributed by atoms with Crippen LogP contribution in [0.3, 0.4) is 0 Å². The van der Waals surface area contributed by atoms with Crippen LogP contribution in [0.2, 0.25) is 0 Å². The van der Waals surface area contributed by atoms with Crippen molar-refractivity contribution in [3.8, 4) is 11.4 Å². The maximum absolute atomic E-state index is 12.8. The summed E-state index contributed by atoms with van der Waals surface area (Å²) in [5, 5.41) is 5.68. The number of ketones is 1. The van der Waals surface area contributed by atoms with E-state index in [2.05, 4.69) is 25.6 Å². The van der Waals surface area contributed by atoms with E-state index in [0.717, 1.165) is 24.8 Å². The number of hydrogen-bond acceptors (Lipinski definition) is 6. The van der Waals surface area contributed by atoms with Crippen LogP contribution in [0.15, 0.2) is 42.0 Å². The number of Topliss-reactive ketones (excluding diaryl/α,β-unsaturated/α-hetero) is 1. The van der Waals surface area contributed by atoms with Gasteiger partial charge in [-0.15, -0.1) is 11.3 Å². The molecule has 0 aliphatic carbocycles. The number of nitrogens with one attached hydrogen (secondary N) is 3. The van der Waals surface area contributed by atoms with Crippen molar-refractivity contribution in [1.82, 2.24) is 25.6 Å². The number of amides is 2. The minimum Gasteiger partial charge on any atom is -0.354 e. The summed E-state index contributed by atoms with van der Waals surface area (Å²) < 4.78 is 0. The van der Waals surface area contributed by atoms with Gasteiger partial charge in [0.15, 0.2) is 5.69 Å². The highest BCUT2D eigenvalue weighted by molar-refractivity contribution is 7.11. The Kier molecular flexibility index (Phi) is 8.88. The Hall–Kier alpha value is -3.33. The Labute approximate surface area is 197 Å². The van der Waals surface area contributed by atoms with E-state index in [-0.39, 0.29) is 23.3 Å². The van der Waals surface area contributed by atoms with Gasteiger partial charge in [-0.1, -0.05) is 50.1 Å². The van der Waals surface area contributed by atoms with Crippen molar-refractivity contribution in [2.45, 2.75) is 51.5 Å². The topological polar surface area (TPSA) is 117 Å². The van der Waals surface area contributed by atoms with Gasteiger partial charge in [0.2, 0.25) is 0 Å². The van der Waals surface area contributed by atoms with E-state index in [1.54, 1.807) is 12.6 Å². The van der Waals surface area contributed by atoms with E-state index < -0.39 is 6.04 Å². The zero-order valence-corrected chi connectivity index (χ0v) is 19.7. The summed E-state index contributed by atoms with van der Waals surface area (Å²) >= 11 is 1.26. The highest BCUT2D eigenvalue weighted by atomic mass is 32.1. The SMILES string of the molecule is CCC(=O)CCCCCC(NC(=O)c1cncs1)c1[nH]c(-c2ccccc2)nc1C(=O)NC. The van der Waals surface area contributed by atoms with Gasteiger partial charge in [0.05, 0.1) is 23.4 Å². The Morgan fingerprint density at radius 1 is 1.09 bits per heavy atom. The lowest BCUT2D eigenvalue weighted by molar-refractivity contribution is -0.118. The van der Waals surface area contributed by atoms with E-state index in [4.69, 9.17) is 0 Å². The molecule has 0 saturated carbocycles. The molecule has 0 bridgehead atoms. The average molecular weight is 468 g/mol. The minimum atomic E-state index is -0.446. The molecule has 1 atom stereocenters. The predicted molar refractivity (Wildman–Crippen MR) is 128 cm³/mol. The Morgan fingerprint density at radius 3 is 2.55 bits per heavy atom. The molecule has 8 nitrogen and oxygen atoms in total. The molecule has 0 radical (unpaired) electrons. The Balaban J connectivity index is 1.85. The molecule has 3 N–H and O–H groups in total. The molecule has 0 spiro atoms. The van der Waals surface area contributed by atoms with Crippen molar-refractivity contribution in [2.75, 3.05) is 7.05 Å². The van der Waals surface area contributed by atoms with Crippen LogP contribution in [0, 0.1) is 0 Å². The zero-order chi connectivity index (χ0) is 23.6. The number of hydrogen-bond donors (Lipinski definition) is 3. The van der Waals surface area contributed by atoms with Crippen LogP contribution in [-0.4, -0.2) is 39.6 Å². The number of unbranched alkanes of at least 4 members (excludes halogenated alkanes) is 2.